The Morgan fingerprint density at radius 3 is 2.47 bits per heavy atom. The van der Waals surface area contributed by atoms with E-state index in [0.717, 1.165) is 23.9 Å². The summed E-state index contributed by atoms with van der Waals surface area (Å²) in [7, 11) is 0. The summed E-state index contributed by atoms with van der Waals surface area (Å²) in [5.74, 6) is 1.76. The van der Waals surface area contributed by atoms with Gasteiger partial charge in [-0.3, -0.25) is 0 Å². The Hall–Kier alpha value is -0.820. The number of hydrogen-bond acceptors (Lipinski definition) is 1. The monoisotopic (exact) mass is 257 g/mol. The molecule has 0 amide bonds. The van der Waals surface area contributed by atoms with Crippen LogP contribution in [0.25, 0.3) is 0 Å². The van der Waals surface area contributed by atoms with Gasteiger partial charge in [-0.25, -0.2) is 0 Å². The summed E-state index contributed by atoms with van der Waals surface area (Å²) in [5, 5.41) is 3.92. The Balaban J connectivity index is 1.44. The lowest BCUT2D eigenvalue weighted by molar-refractivity contribution is 0.254. The van der Waals surface area contributed by atoms with Crippen LogP contribution < -0.4 is 5.32 Å². The fourth-order valence-electron chi connectivity index (χ4n) is 3.74. The molecule has 1 N–H and O–H groups in total. The zero-order valence-electron chi connectivity index (χ0n) is 12.1. The molecular formula is C18H27N. The molecule has 0 spiro atoms. The van der Waals surface area contributed by atoms with Crippen molar-refractivity contribution < 1.29 is 0 Å². The van der Waals surface area contributed by atoms with Crippen LogP contribution in [-0.2, 0) is 0 Å². The molecular weight excluding hydrogens is 230 g/mol. The molecule has 1 aromatic carbocycles. The van der Waals surface area contributed by atoms with Crippen molar-refractivity contribution >= 4 is 0 Å². The Bertz CT molecular complexity index is 380. The molecule has 1 nitrogen and oxygen atoms in total. The Morgan fingerprint density at radius 1 is 0.895 bits per heavy atom. The van der Waals surface area contributed by atoms with Crippen LogP contribution in [0, 0.1) is 5.92 Å². The predicted octanol–water partition coefficient (Wildman–Crippen LogP) is 4.49. The van der Waals surface area contributed by atoms with E-state index in [1.807, 2.05) is 0 Å². The van der Waals surface area contributed by atoms with Gasteiger partial charge in [-0.15, -0.1) is 0 Å². The van der Waals surface area contributed by atoms with E-state index in [2.05, 4.69) is 42.6 Å². The highest BCUT2D eigenvalue weighted by molar-refractivity contribution is 5.22. The fraction of sp³-hybridized carbons (Fsp3) is 0.667. The van der Waals surface area contributed by atoms with Gasteiger partial charge in [0.05, 0.1) is 0 Å². The second kappa shape index (κ2) is 6.09. The number of rotatable bonds is 3. The molecule has 2 aliphatic carbocycles. The largest absolute Gasteiger partial charge is 0.311 e. The molecule has 3 rings (SSSR count). The first-order chi connectivity index (χ1) is 9.31. The molecule has 19 heavy (non-hydrogen) atoms. The van der Waals surface area contributed by atoms with Gasteiger partial charge in [0.2, 0.25) is 0 Å². The molecule has 0 heterocycles. The van der Waals surface area contributed by atoms with E-state index in [1.54, 1.807) is 0 Å². The standard InChI is InChI=1S/C18H27N/c1-14-6-5-9-17(11-10-14)19-18-12-16(13-18)15-7-3-2-4-8-15/h2-4,7-8,14,16-19H,5-6,9-13H2,1H3. The van der Waals surface area contributed by atoms with Gasteiger partial charge in [0.25, 0.3) is 0 Å². The SMILES string of the molecule is CC1CCCC(NC2CC(c3ccccc3)C2)CC1. The van der Waals surface area contributed by atoms with Crippen LogP contribution in [0.5, 0.6) is 0 Å². The van der Waals surface area contributed by atoms with E-state index >= 15 is 0 Å². The lowest BCUT2D eigenvalue weighted by Gasteiger charge is -2.38. The molecule has 0 bridgehead atoms. The minimum Gasteiger partial charge on any atom is -0.311 e. The lowest BCUT2D eigenvalue weighted by atomic mass is 9.75. The molecule has 2 unspecified atom stereocenters. The fourth-order valence-corrected chi connectivity index (χ4v) is 3.74. The van der Waals surface area contributed by atoms with Crippen LogP contribution in [0.4, 0.5) is 0 Å². The van der Waals surface area contributed by atoms with Crippen molar-refractivity contribution in [3.05, 3.63) is 35.9 Å². The van der Waals surface area contributed by atoms with Crippen LogP contribution in [-0.4, -0.2) is 12.1 Å². The lowest BCUT2D eigenvalue weighted by Crippen LogP contribution is -2.45. The highest BCUT2D eigenvalue weighted by Gasteiger charge is 2.31. The smallest absolute Gasteiger partial charge is 0.00813 e. The van der Waals surface area contributed by atoms with Crippen molar-refractivity contribution in [3.63, 3.8) is 0 Å². The predicted molar refractivity (Wildman–Crippen MR) is 81.4 cm³/mol. The second-order valence-corrected chi connectivity index (χ2v) is 6.75. The third-order valence-corrected chi connectivity index (χ3v) is 5.14. The molecule has 1 aromatic rings. The van der Waals surface area contributed by atoms with Crippen molar-refractivity contribution in [3.8, 4) is 0 Å². The summed E-state index contributed by atoms with van der Waals surface area (Å²) in [6.07, 6.45) is 9.77. The summed E-state index contributed by atoms with van der Waals surface area (Å²) in [6.45, 7) is 2.41. The van der Waals surface area contributed by atoms with E-state index in [1.165, 1.54) is 50.5 Å². The highest BCUT2D eigenvalue weighted by Crippen LogP contribution is 2.37. The van der Waals surface area contributed by atoms with Crippen molar-refractivity contribution in [2.24, 2.45) is 5.92 Å². The quantitative estimate of drug-likeness (QED) is 0.787. The number of nitrogens with one attached hydrogen (secondary N) is 1. The Kier molecular flexibility index (Phi) is 4.22. The van der Waals surface area contributed by atoms with E-state index < -0.39 is 0 Å². The van der Waals surface area contributed by atoms with E-state index in [4.69, 9.17) is 0 Å². The number of hydrogen-bond donors (Lipinski definition) is 1. The average molecular weight is 257 g/mol. The van der Waals surface area contributed by atoms with Gasteiger partial charge in [-0.2, -0.15) is 0 Å². The molecule has 2 atom stereocenters. The minimum atomic E-state index is 0.781. The van der Waals surface area contributed by atoms with E-state index in [9.17, 15) is 0 Å². The highest BCUT2D eigenvalue weighted by atomic mass is 15.0. The maximum atomic E-state index is 3.92. The maximum Gasteiger partial charge on any atom is 0.00813 e. The normalized spacial score (nSPS) is 35.4. The van der Waals surface area contributed by atoms with Gasteiger partial charge < -0.3 is 5.32 Å². The summed E-state index contributed by atoms with van der Waals surface area (Å²) in [5.41, 5.74) is 1.54. The first-order valence-corrected chi connectivity index (χ1v) is 8.12. The van der Waals surface area contributed by atoms with Crippen LogP contribution in [0.1, 0.15) is 63.4 Å². The summed E-state index contributed by atoms with van der Waals surface area (Å²) in [4.78, 5) is 0. The summed E-state index contributed by atoms with van der Waals surface area (Å²) < 4.78 is 0. The Labute approximate surface area is 117 Å². The summed E-state index contributed by atoms with van der Waals surface area (Å²) >= 11 is 0. The van der Waals surface area contributed by atoms with Crippen molar-refractivity contribution in [2.75, 3.05) is 0 Å². The first kappa shape index (κ1) is 13.2. The molecule has 0 aliphatic heterocycles. The van der Waals surface area contributed by atoms with Crippen LogP contribution in [0.3, 0.4) is 0 Å². The van der Waals surface area contributed by atoms with Gasteiger partial charge >= 0.3 is 0 Å². The van der Waals surface area contributed by atoms with Crippen molar-refractivity contribution in [1.29, 1.82) is 0 Å². The molecule has 0 aromatic heterocycles. The number of benzene rings is 1. The van der Waals surface area contributed by atoms with Crippen LogP contribution in [0.2, 0.25) is 0 Å². The van der Waals surface area contributed by atoms with Crippen LogP contribution >= 0.6 is 0 Å². The zero-order valence-corrected chi connectivity index (χ0v) is 12.1. The van der Waals surface area contributed by atoms with Gasteiger partial charge in [-0.1, -0.05) is 50.1 Å². The van der Waals surface area contributed by atoms with Crippen molar-refractivity contribution in [2.45, 2.75) is 69.9 Å². The molecule has 2 fully saturated rings. The maximum absolute atomic E-state index is 3.92. The zero-order chi connectivity index (χ0) is 13.1. The molecule has 2 aliphatic rings. The topological polar surface area (TPSA) is 12.0 Å². The third kappa shape index (κ3) is 3.39. The first-order valence-electron chi connectivity index (χ1n) is 8.12. The third-order valence-electron chi connectivity index (χ3n) is 5.14. The van der Waals surface area contributed by atoms with Crippen LogP contribution in [0.15, 0.2) is 30.3 Å². The molecule has 2 saturated carbocycles. The molecule has 104 valence electrons. The van der Waals surface area contributed by atoms with Gasteiger partial charge in [0.1, 0.15) is 0 Å². The van der Waals surface area contributed by atoms with Gasteiger partial charge in [0, 0.05) is 12.1 Å². The van der Waals surface area contributed by atoms with E-state index in [0.29, 0.717) is 0 Å². The molecule has 0 radical (unpaired) electrons. The van der Waals surface area contributed by atoms with E-state index in [-0.39, 0.29) is 0 Å². The van der Waals surface area contributed by atoms with Crippen molar-refractivity contribution in [1.82, 2.24) is 5.32 Å². The average Bonchev–Trinajstić information content (AvgIpc) is 2.59. The minimum absolute atomic E-state index is 0.781. The van der Waals surface area contributed by atoms with Gasteiger partial charge in [0.15, 0.2) is 0 Å². The Morgan fingerprint density at radius 2 is 1.68 bits per heavy atom. The van der Waals surface area contributed by atoms with Gasteiger partial charge in [-0.05, 0) is 49.5 Å². The molecule has 1 heteroatoms. The summed E-state index contributed by atoms with van der Waals surface area (Å²) in [6, 6.07) is 12.6. The second-order valence-electron chi connectivity index (χ2n) is 6.75. The molecule has 0 saturated heterocycles.